The molecule has 17 heavy (non-hydrogen) atoms. The van der Waals surface area contributed by atoms with Gasteiger partial charge >= 0.3 is 0 Å². The van der Waals surface area contributed by atoms with E-state index in [1.165, 1.54) is 18.4 Å². The zero-order chi connectivity index (χ0) is 12.1. The molecule has 0 aliphatic heterocycles. The fourth-order valence-corrected chi connectivity index (χ4v) is 2.22. The maximum atomic E-state index is 5.34. The van der Waals surface area contributed by atoms with E-state index < -0.39 is 0 Å². The number of thiocarbonyl (C=S) groups is 1. The van der Waals surface area contributed by atoms with Crippen LogP contribution in [0, 0.1) is 0 Å². The van der Waals surface area contributed by atoms with Gasteiger partial charge in [-0.25, -0.2) is 0 Å². The molecule has 0 unspecified atom stereocenters. The minimum Gasteiger partial charge on any atom is -0.360 e. The highest BCUT2D eigenvalue weighted by atomic mass is 32.1. The minimum absolute atomic E-state index is 0.333. The summed E-state index contributed by atoms with van der Waals surface area (Å²) in [5.41, 5.74) is 1.31. The van der Waals surface area contributed by atoms with Crippen LogP contribution < -0.4 is 10.6 Å². The molecule has 1 aliphatic carbocycles. The molecule has 0 amide bonds. The lowest BCUT2D eigenvalue weighted by molar-refractivity contribution is 0.575. The van der Waals surface area contributed by atoms with E-state index in [2.05, 4.69) is 41.8 Å². The van der Waals surface area contributed by atoms with Gasteiger partial charge < -0.3 is 10.6 Å². The Morgan fingerprint density at radius 2 is 2.06 bits per heavy atom. The smallest absolute Gasteiger partial charge is 0.166 e. The van der Waals surface area contributed by atoms with Gasteiger partial charge in [0.25, 0.3) is 0 Å². The van der Waals surface area contributed by atoms with Gasteiger partial charge in [0.1, 0.15) is 0 Å². The lowest BCUT2D eigenvalue weighted by Gasteiger charge is -2.20. The van der Waals surface area contributed by atoms with Crippen LogP contribution in [0.25, 0.3) is 0 Å². The average molecular weight is 248 g/mol. The summed E-state index contributed by atoms with van der Waals surface area (Å²) in [6.45, 7) is 2.20. The molecule has 0 saturated heterocycles. The van der Waals surface area contributed by atoms with Crippen LogP contribution in [0.15, 0.2) is 30.3 Å². The zero-order valence-electron chi connectivity index (χ0n) is 10.3. The lowest BCUT2D eigenvalue weighted by Crippen LogP contribution is -2.38. The molecule has 0 aromatic heterocycles. The van der Waals surface area contributed by atoms with Gasteiger partial charge in [0.05, 0.1) is 6.04 Å². The van der Waals surface area contributed by atoms with Crippen LogP contribution in [-0.2, 0) is 0 Å². The molecule has 2 N–H and O–H groups in total. The standard InChI is InChI=1S/C14H20N2S/c1-2-6-13(11-7-4-3-5-8-11)16-14(17)15-12-9-10-12/h3-5,7-8,12-13H,2,6,9-10H2,1H3,(H2,15,16,17)/t13-/m0/s1. The zero-order valence-corrected chi connectivity index (χ0v) is 11.1. The maximum absolute atomic E-state index is 5.34. The fraction of sp³-hybridized carbons (Fsp3) is 0.500. The van der Waals surface area contributed by atoms with Crippen LogP contribution in [0.3, 0.4) is 0 Å². The van der Waals surface area contributed by atoms with Crippen molar-refractivity contribution in [1.82, 2.24) is 10.6 Å². The van der Waals surface area contributed by atoms with Gasteiger partial charge in [0.15, 0.2) is 5.11 Å². The first-order valence-corrected chi connectivity index (χ1v) is 6.82. The Kier molecular flexibility index (Phi) is 4.37. The molecule has 2 rings (SSSR count). The largest absolute Gasteiger partial charge is 0.360 e. The molecule has 1 aromatic carbocycles. The summed E-state index contributed by atoms with van der Waals surface area (Å²) in [5, 5.41) is 7.56. The molecule has 0 heterocycles. The van der Waals surface area contributed by atoms with Crippen LogP contribution in [0.2, 0.25) is 0 Å². The highest BCUT2D eigenvalue weighted by Gasteiger charge is 2.22. The summed E-state index contributed by atoms with van der Waals surface area (Å²) < 4.78 is 0. The van der Waals surface area contributed by atoms with Crippen LogP contribution >= 0.6 is 12.2 Å². The second-order valence-electron chi connectivity index (χ2n) is 4.64. The molecule has 1 atom stereocenters. The average Bonchev–Trinajstić information content (AvgIpc) is 3.13. The van der Waals surface area contributed by atoms with E-state index in [1.807, 2.05) is 6.07 Å². The van der Waals surface area contributed by atoms with Crippen molar-refractivity contribution in [2.45, 2.75) is 44.7 Å². The molecule has 0 bridgehead atoms. The molecule has 1 saturated carbocycles. The monoisotopic (exact) mass is 248 g/mol. The highest BCUT2D eigenvalue weighted by molar-refractivity contribution is 7.80. The predicted octanol–water partition coefficient (Wildman–Crippen LogP) is 3.15. The third-order valence-electron chi connectivity index (χ3n) is 3.00. The number of nitrogens with one attached hydrogen (secondary N) is 2. The molecule has 0 spiro atoms. The quantitative estimate of drug-likeness (QED) is 0.783. The number of rotatable bonds is 5. The minimum atomic E-state index is 0.333. The van der Waals surface area contributed by atoms with E-state index in [0.29, 0.717) is 12.1 Å². The van der Waals surface area contributed by atoms with Crippen molar-refractivity contribution in [3.8, 4) is 0 Å². The van der Waals surface area contributed by atoms with Crippen molar-refractivity contribution in [1.29, 1.82) is 0 Å². The Balaban J connectivity index is 1.94. The van der Waals surface area contributed by atoms with Gasteiger partial charge in [-0.3, -0.25) is 0 Å². The first kappa shape index (κ1) is 12.4. The molecule has 1 aliphatic rings. The normalized spacial score (nSPS) is 16.3. The molecule has 1 fully saturated rings. The van der Waals surface area contributed by atoms with Crippen molar-refractivity contribution >= 4 is 17.3 Å². The van der Waals surface area contributed by atoms with Crippen molar-refractivity contribution in [3.63, 3.8) is 0 Å². The van der Waals surface area contributed by atoms with E-state index in [0.717, 1.165) is 18.0 Å². The molecular weight excluding hydrogens is 228 g/mol. The van der Waals surface area contributed by atoms with Crippen LogP contribution in [0.1, 0.15) is 44.2 Å². The topological polar surface area (TPSA) is 24.1 Å². The fourth-order valence-electron chi connectivity index (χ4n) is 1.91. The number of benzene rings is 1. The van der Waals surface area contributed by atoms with Crippen LogP contribution in [0.5, 0.6) is 0 Å². The Hall–Kier alpha value is -1.09. The summed E-state index contributed by atoms with van der Waals surface area (Å²) >= 11 is 5.34. The van der Waals surface area contributed by atoms with Gasteiger partial charge in [-0.15, -0.1) is 0 Å². The Morgan fingerprint density at radius 3 is 2.65 bits per heavy atom. The van der Waals surface area contributed by atoms with E-state index in [4.69, 9.17) is 12.2 Å². The molecule has 0 radical (unpaired) electrons. The molecule has 1 aromatic rings. The van der Waals surface area contributed by atoms with E-state index in [9.17, 15) is 0 Å². The first-order chi connectivity index (χ1) is 8.29. The van der Waals surface area contributed by atoms with Crippen molar-refractivity contribution in [2.75, 3.05) is 0 Å². The summed E-state index contributed by atoms with van der Waals surface area (Å²) in [4.78, 5) is 0. The number of hydrogen-bond donors (Lipinski definition) is 2. The van der Waals surface area contributed by atoms with E-state index >= 15 is 0 Å². The van der Waals surface area contributed by atoms with Gasteiger partial charge in [0, 0.05) is 6.04 Å². The van der Waals surface area contributed by atoms with Gasteiger partial charge in [-0.2, -0.15) is 0 Å². The molecule has 92 valence electrons. The first-order valence-electron chi connectivity index (χ1n) is 6.41. The maximum Gasteiger partial charge on any atom is 0.166 e. The molecular formula is C14H20N2S. The Bertz CT molecular complexity index is 360. The SMILES string of the molecule is CCC[C@H](NC(=S)NC1CC1)c1ccccc1. The second kappa shape index (κ2) is 6.01. The summed E-state index contributed by atoms with van der Waals surface area (Å²) in [6.07, 6.45) is 4.77. The van der Waals surface area contributed by atoms with E-state index in [1.54, 1.807) is 0 Å². The lowest BCUT2D eigenvalue weighted by atomic mass is 10.0. The second-order valence-corrected chi connectivity index (χ2v) is 5.05. The van der Waals surface area contributed by atoms with Crippen molar-refractivity contribution in [2.24, 2.45) is 0 Å². The van der Waals surface area contributed by atoms with Crippen LogP contribution in [-0.4, -0.2) is 11.2 Å². The van der Waals surface area contributed by atoms with Gasteiger partial charge in [-0.1, -0.05) is 43.7 Å². The third-order valence-corrected chi connectivity index (χ3v) is 3.23. The number of hydrogen-bond acceptors (Lipinski definition) is 1. The summed E-state index contributed by atoms with van der Waals surface area (Å²) in [6, 6.07) is 11.5. The van der Waals surface area contributed by atoms with E-state index in [-0.39, 0.29) is 0 Å². The molecule has 3 heteroatoms. The summed E-state index contributed by atoms with van der Waals surface area (Å²) in [7, 11) is 0. The summed E-state index contributed by atoms with van der Waals surface area (Å²) in [5.74, 6) is 0. The molecule has 2 nitrogen and oxygen atoms in total. The van der Waals surface area contributed by atoms with Gasteiger partial charge in [-0.05, 0) is 37.0 Å². The van der Waals surface area contributed by atoms with Crippen molar-refractivity contribution in [3.05, 3.63) is 35.9 Å². The third kappa shape index (κ3) is 4.00. The Labute approximate surface area is 109 Å². The van der Waals surface area contributed by atoms with Gasteiger partial charge in [0.2, 0.25) is 0 Å². The predicted molar refractivity (Wildman–Crippen MR) is 76.0 cm³/mol. The Morgan fingerprint density at radius 1 is 1.35 bits per heavy atom. The van der Waals surface area contributed by atoms with Crippen LogP contribution in [0.4, 0.5) is 0 Å². The highest BCUT2D eigenvalue weighted by Crippen LogP contribution is 2.20. The van der Waals surface area contributed by atoms with Crippen molar-refractivity contribution < 1.29 is 0 Å².